The van der Waals surface area contributed by atoms with Gasteiger partial charge in [-0.15, -0.1) is 5.10 Å². The molecule has 0 spiro atoms. The minimum Gasteiger partial charge on any atom is -0.492 e. The third kappa shape index (κ3) is 4.13. The van der Waals surface area contributed by atoms with Crippen LogP contribution in [0.1, 0.15) is 31.4 Å². The highest BCUT2D eigenvalue weighted by Crippen LogP contribution is 2.38. The number of ether oxygens (including phenoxy) is 1. The number of para-hydroxylation sites is 2. The minimum absolute atomic E-state index is 0.100. The van der Waals surface area contributed by atoms with Gasteiger partial charge in [0.2, 0.25) is 0 Å². The normalized spacial score (nSPS) is 16.9. The van der Waals surface area contributed by atoms with Gasteiger partial charge in [0, 0.05) is 32.1 Å². The second-order valence-corrected chi connectivity index (χ2v) is 6.92. The highest BCUT2D eigenvalue weighted by molar-refractivity contribution is 5.91. The van der Waals surface area contributed by atoms with Crippen LogP contribution in [0.3, 0.4) is 0 Å². The van der Waals surface area contributed by atoms with E-state index >= 15 is 0 Å². The number of carbonyl (C=O) groups is 1. The summed E-state index contributed by atoms with van der Waals surface area (Å²) in [5, 5.41) is 11.7. The lowest BCUT2D eigenvalue weighted by Crippen LogP contribution is -2.50. The lowest BCUT2D eigenvalue weighted by molar-refractivity contribution is 0.208. The Labute approximate surface area is 159 Å². The summed E-state index contributed by atoms with van der Waals surface area (Å²) in [5.41, 5.74) is 1.80. The van der Waals surface area contributed by atoms with Crippen LogP contribution >= 0.6 is 0 Å². The summed E-state index contributed by atoms with van der Waals surface area (Å²) in [4.78, 5) is 16.6. The van der Waals surface area contributed by atoms with Gasteiger partial charge in [-0.3, -0.25) is 0 Å². The number of aromatic nitrogens is 2. The van der Waals surface area contributed by atoms with E-state index in [1.165, 1.54) is 12.8 Å². The van der Waals surface area contributed by atoms with Crippen LogP contribution in [0.2, 0.25) is 0 Å². The molecule has 27 heavy (non-hydrogen) atoms. The molecular formula is C20H25N5O2. The van der Waals surface area contributed by atoms with Gasteiger partial charge in [-0.1, -0.05) is 12.1 Å². The van der Waals surface area contributed by atoms with Crippen LogP contribution in [0.25, 0.3) is 0 Å². The fourth-order valence-electron chi connectivity index (χ4n) is 3.29. The number of amides is 2. The average molecular weight is 367 g/mol. The largest absolute Gasteiger partial charge is 0.492 e. The third-order valence-corrected chi connectivity index (χ3v) is 4.99. The molecule has 0 radical (unpaired) electrons. The van der Waals surface area contributed by atoms with Gasteiger partial charge in [0.1, 0.15) is 5.75 Å². The topological polar surface area (TPSA) is 70.6 Å². The molecule has 142 valence electrons. The molecule has 7 nitrogen and oxygen atoms in total. The maximum atomic E-state index is 12.6. The Kier molecular flexibility index (Phi) is 5.09. The van der Waals surface area contributed by atoms with Gasteiger partial charge in [-0.05, 0) is 44.0 Å². The Morgan fingerprint density at radius 2 is 1.89 bits per heavy atom. The summed E-state index contributed by atoms with van der Waals surface area (Å²) in [5.74, 6) is 2.20. The van der Waals surface area contributed by atoms with E-state index in [-0.39, 0.29) is 6.03 Å². The molecule has 0 atom stereocenters. The van der Waals surface area contributed by atoms with Crippen LogP contribution in [0, 0.1) is 0 Å². The molecule has 0 bridgehead atoms. The number of hydrogen-bond donors (Lipinski definition) is 1. The molecule has 2 heterocycles. The molecule has 1 aromatic carbocycles. The molecule has 2 fully saturated rings. The van der Waals surface area contributed by atoms with Crippen molar-refractivity contribution < 1.29 is 9.53 Å². The van der Waals surface area contributed by atoms with Crippen molar-refractivity contribution in [1.29, 1.82) is 0 Å². The number of anilines is 2. The van der Waals surface area contributed by atoms with Crippen LogP contribution in [-0.2, 0) is 0 Å². The standard InChI is InChI=1S/C20H25N5O2/c1-2-27-18-6-4-3-5-17(18)21-20(26)25-13-11-24(12-14-25)19-10-9-16(22-23-19)15-7-8-15/h3-6,9-10,15H,2,7-8,11-14H2,1H3,(H,21,26). The first-order valence-corrected chi connectivity index (χ1v) is 9.61. The van der Waals surface area contributed by atoms with Crippen LogP contribution in [0.5, 0.6) is 5.75 Å². The number of benzene rings is 1. The van der Waals surface area contributed by atoms with Crippen LogP contribution in [0.4, 0.5) is 16.3 Å². The highest BCUT2D eigenvalue weighted by atomic mass is 16.5. The Morgan fingerprint density at radius 1 is 1.11 bits per heavy atom. The van der Waals surface area contributed by atoms with E-state index in [4.69, 9.17) is 4.74 Å². The zero-order valence-corrected chi connectivity index (χ0v) is 15.6. The zero-order chi connectivity index (χ0) is 18.6. The van der Waals surface area contributed by atoms with Crippen LogP contribution < -0.4 is 15.0 Å². The van der Waals surface area contributed by atoms with Crippen molar-refractivity contribution in [3.05, 3.63) is 42.1 Å². The van der Waals surface area contributed by atoms with Gasteiger partial charge >= 0.3 is 6.03 Å². The highest BCUT2D eigenvalue weighted by Gasteiger charge is 2.26. The number of nitrogens with one attached hydrogen (secondary N) is 1. The molecule has 1 aromatic heterocycles. The quantitative estimate of drug-likeness (QED) is 0.879. The summed E-state index contributed by atoms with van der Waals surface area (Å²) in [6, 6.07) is 11.5. The van der Waals surface area contributed by atoms with Gasteiger partial charge in [0.05, 0.1) is 18.0 Å². The van der Waals surface area contributed by atoms with Gasteiger partial charge in [-0.25, -0.2) is 4.79 Å². The molecule has 1 aliphatic carbocycles. The van der Waals surface area contributed by atoms with E-state index in [2.05, 4.69) is 32.5 Å². The fraction of sp³-hybridized carbons (Fsp3) is 0.450. The van der Waals surface area contributed by atoms with E-state index in [9.17, 15) is 4.79 Å². The van der Waals surface area contributed by atoms with Gasteiger partial charge in [-0.2, -0.15) is 5.10 Å². The summed E-state index contributed by atoms with van der Waals surface area (Å²) in [6.45, 7) is 5.28. The Morgan fingerprint density at radius 3 is 2.56 bits per heavy atom. The van der Waals surface area contributed by atoms with E-state index in [1.54, 1.807) is 0 Å². The van der Waals surface area contributed by atoms with Crippen molar-refractivity contribution in [3.63, 3.8) is 0 Å². The number of urea groups is 1. The van der Waals surface area contributed by atoms with Crippen LogP contribution in [-0.4, -0.2) is 53.9 Å². The molecule has 1 aliphatic heterocycles. The molecule has 2 aliphatic rings. The maximum absolute atomic E-state index is 12.6. The van der Waals surface area contributed by atoms with Crippen molar-refractivity contribution in [3.8, 4) is 5.75 Å². The van der Waals surface area contributed by atoms with Gasteiger partial charge in [0.25, 0.3) is 0 Å². The van der Waals surface area contributed by atoms with E-state index in [1.807, 2.05) is 36.1 Å². The second-order valence-electron chi connectivity index (χ2n) is 6.92. The van der Waals surface area contributed by atoms with Gasteiger partial charge in [0.15, 0.2) is 5.82 Å². The van der Waals surface area contributed by atoms with E-state index < -0.39 is 0 Å². The smallest absolute Gasteiger partial charge is 0.322 e. The maximum Gasteiger partial charge on any atom is 0.322 e. The number of carbonyl (C=O) groups excluding carboxylic acids is 1. The molecule has 1 saturated carbocycles. The monoisotopic (exact) mass is 367 g/mol. The molecule has 0 unspecified atom stereocenters. The third-order valence-electron chi connectivity index (χ3n) is 4.99. The lowest BCUT2D eigenvalue weighted by atomic mass is 10.2. The fourth-order valence-corrected chi connectivity index (χ4v) is 3.29. The molecule has 1 saturated heterocycles. The number of nitrogens with zero attached hydrogens (tertiary/aromatic N) is 4. The van der Waals surface area contributed by atoms with Gasteiger partial charge < -0.3 is 19.9 Å². The van der Waals surface area contributed by atoms with Crippen molar-refractivity contribution in [2.45, 2.75) is 25.7 Å². The van der Waals surface area contributed by atoms with Crippen molar-refractivity contribution in [1.82, 2.24) is 15.1 Å². The van der Waals surface area contributed by atoms with Crippen LogP contribution in [0.15, 0.2) is 36.4 Å². The molecular weight excluding hydrogens is 342 g/mol. The Bertz CT molecular complexity index is 783. The number of piperazine rings is 1. The SMILES string of the molecule is CCOc1ccccc1NC(=O)N1CCN(c2ccc(C3CC3)nn2)CC1. The predicted octanol–water partition coefficient (Wildman–Crippen LogP) is 3.11. The van der Waals surface area contributed by atoms with E-state index in [0.717, 1.165) is 24.6 Å². The average Bonchev–Trinajstić information content (AvgIpc) is 3.55. The first kappa shape index (κ1) is 17.6. The molecule has 1 N–H and O–H groups in total. The molecule has 4 rings (SSSR count). The Hall–Kier alpha value is -2.83. The Balaban J connectivity index is 1.32. The number of rotatable bonds is 5. The predicted molar refractivity (Wildman–Crippen MR) is 104 cm³/mol. The van der Waals surface area contributed by atoms with Crippen molar-refractivity contribution in [2.24, 2.45) is 0 Å². The molecule has 2 aromatic rings. The summed E-state index contributed by atoms with van der Waals surface area (Å²) in [6.07, 6.45) is 2.46. The summed E-state index contributed by atoms with van der Waals surface area (Å²) in [7, 11) is 0. The van der Waals surface area contributed by atoms with Crippen molar-refractivity contribution >= 4 is 17.5 Å². The van der Waals surface area contributed by atoms with E-state index in [0.29, 0.717) is 37.1 Å². The first-order valence-electron chi connectivity index (χ1n) is 9.61. The lowest BCUT2D eigenvalue weighted by Gasteiger charge is -2.35. The summed E-state index contributed by atoms with van der Waals surface area (Å²) < 4.78 is 5.57. The second kappa shape index (κ2) is 7.82. The summed E-state index contributed by atoms with van der Waals surface area (Å²) >= 11 is 0. The first-order chi connectivity index (χ1) is 13.2. The molecule has 2 amide bonds. The minimum atomic E-state index is -0.100. The molecule has 7 heteroatoms. The van der Waals surface area contributed by atoms with Crippen molar-refractivity contribution in [2.75, 3.05) is 43.0 Å². The number of hydrogen-bond acceptors (Lipinski definition) is 5. The zero-order valence-electron chi connectivity index (χ0n) is 15.6.